The third kappa shape index (κ3) is 3.28. The first-order chi connectivity index (χ1) is 13.1. The second-order valence-corrected chi connectivity index (χ2v) is 7.85. The van der Waals surface area contributed by atoms with Crippen LogP contribution in [0, 0.1) is 0 Å². The summed E-state index contributed by atoms with van der Waals surface area (Å²) in [6.07, 6.45) is 4.63. The smallest absolute Gasteiger partial charge is 0.246 e. The fourth-order valence-corrected chi connectivity index (χ4v) is 4.45. The van der Waals surface area contributed by atoms with Crippen molar-refractivity contribution in [3.05, 3.63) is 48.7 Å². The molecule has 140 valence electrons. The topological polar surface area (TPSA) is 111 Å². The molecule has 9 nitrogen and oxygen atoms in total. The molecular formula is C17H17N5O4S. The molecule has 0 aliphatic carbocycles. The number of hydrogen-bond donors (Lipinski definition) is 0. The molecule has 0 unspecified atom stereocenters. The largest absolute Gasteiger partial charge is 0.492 e. The molecule has 0 bridgehead atoms. The van der Waals surface area contributed by atoms with Crippen LogP contribution < -0.4 is 4.74 Å². The maximum absolute atomic E-state index is 12.9. The Hall–Kier alpha value is -2.85. The molecule has 27 heavy (non-hydrogen) atoms. The van der Waals surface area contributed by atoms with E-state index in [2.05, 4.69) is 20.1 Å². The van der Waals surface area contributed by atoms with Crippen LogP contribution in [0.4, 0.5) is 0 Å². The SMILES string of the molecule is CCOc1ccccc1S(=O)(=O)N1CC(c2nc(-c3cnccn3)no2)C1. The molecule has 0 N–H and O–H groups in total. The summed E-state index contributed by atoms with van der Waals surface area (Å²) in [5.74, 6) is 0.921. The molecule has 1 fully saturated rings. The van der Waals surface area contributed by atoms with E-state index >= 15 is 0 Å². The molecule has 3 heterocycles. The Labute approximate surface area is 156 Å². The standard InChI is InChI=1S/C17H17N5O4S/c1-2-25-14-5-3-4-6-15(14)27(23,24)22-10-12(11-22)17-20-16(21-26-17)13-9-18-7-8-19-13/h3-9,12H,2,10-11H2,1H3. The van der Waals surface area contributed by atoms with E-state index in [0.717, 1.165) is 0 Å². The normalized spacial score (nSPS) is 15.4. The molecule has 0 amide bonds. The Balaban J connectivity index is 1.49. The summed E-state index contributed by atoms with van der Waals surface area (Å²) < 4.78 is 37.8. The van der Waals surface area contributed by atoms with Crippen LogP contribution in [-0.4, -0.2) is 52.5 Å². The molecular weight excluding hydrogens is 370 g/mol. The lowest BCUT2D eigenvalue weighted by Crippen LogP contribution is -2.48. The summed E-state index contributed by atoms with van der Waals surface area (Å²) in [7, 11) is -3.65. The van der Waals surface area contributed by atoms with Crippen molar-refractivity contribution in [1.29, 1.82) is 0 Å². The highest BCUT2D eigenvalue weighted by Crippen LogP contribution is 2.34. The Bertz CT molecular complexity index is 1030. The Morgan fingerprint density at radius 1 is 1.26 bits per heavy atom. The molecule has 0 radical (unpaired) electrons. The number of aromatic nitrogens is 4. The number of sulfonamides is 1. The molecule has 3 aromatic rings. The lowest BCUT2D eigenvalue weighted by atomic mass is 10.0. The van der Waals surface area contributed by atoms with E-state index < -0.39 is 10.0 Å². The zero-order valence-corrected chi connectivity index (χ0v) is 15.3. The van der Waals surface area contributed by atoms with E-state index in [1.807, 2.05) is 6.92 Å². The molecule has 1 saturated heterocycles. The van der Waals surface area contributed by atoms with Gasteiger partial charge in [0.05, 0.1) is 18.7 Å². The lowest BCUT2D eigenvalue weighted by Gasteiger charge is -2.36. The van der Waals surface area contributed by atoms with Gasteiger partial charge in [-0.15, -0.1) is 0 Å². The van der Waals surface area contributed by atoms with E-state index in [1.165, 1.54) is 10.5 Å². The molecule has 1 aliphatic rings. The van der Waals surface area contributed by atoms with Crippen molar-refractivity contribution in [2.75, 3.05) is 19.7 Å². The Morgan fingerprint density at radius 2 is 2.07 bits per heavy atom. The molecule has 2 aromatic heterocycles. The highest BCUT2D eigenvalue weighted by molar-refractivity contribution is 7.89. The van der Waals surface area contributed by atoms with E-state index in [4.69, 9.17) is 9.26 Å². The minimum atomic E-state index is -3.65. The van der Waals surface area contributed by atoms with Crippen molar-refractivity contribution in [1.82, 2.24) is 24.4 Å². The van der Waals surface area contributed by atoms with Crippen LogP contribution >= 0.6 is 0 Å². The van der Waals surface area contributed by atoms with Gasteiger partial charge in [0.15, 0.2) is 0 Å². The monoisotopic (exact) mass is 387 g/mol. The Morgan fingerprint density at radius 3 is 2.81 bits per heavy atom. The van der Waals surface area contributed by atoms with Gasteiger partial charge in [0.2, 0.25) is 21.7 Å². The highest BCUT2D eigenvalue weighted by atomic mass is 32.2. The average Bonchev–Trinajstić information content (AvgIpc) is 3.11. The number of benzene rings is 1. The van der Waals surface area contributed by atoms with Crippen LogP contribution in [0.15, 0.2) is 52.3 Å². The first-order valence-electron chi connectivity index (χ1n) is 8.41. The minimum Gasteiger partial charge on any atom is -0.492 e. The zero-order chi connectivity index (χ0) is 18.9. The van der Waals surface area contributed by atoms with Gasteiger partial charge >= 0.3 is 0 Å². The molecule has 10 heteroatoms. The van der Waals surface area contributed by atoms with E-state index in [-0.39, 0.29) is 23.9 Å². The van der Waals surface area contributed by atoms with E-state index in [1.54, 1.807) is 36.7 Å². The van der Waals surface area contributed by atoms with Crippen molar-refractivity contribution < 1.29 is 17.7 Å². The number of rotatable bonds is 6. The summed E-state index contributed by atoms with van der Waals surface area (Å²) >= 11 is 0. The molecule has 0 atom stereocenters. The van der Waals surface area contributed by atoms with Gasteiger partial charge < -0.3 is 9.26 Å². The second kappa shape index (κ2) is 7.05. The van der Waals surface area contributed by atoms with Crippen molar-refractivity contribution in [2.24, 2.45) is 0 Å². The minimum absolute atomic E-state index is 0.156. The predicted molar refractivity (Wildman–Crippen MR) is 94.4 cm³/mol. The summed E-state index contributed by atoms with van der Waals surface area (Å²) in [5, 5.41) is 3.90. The van der Waals surface area contributed by atoms with Gasteiger partial charge in [-0.2, -0.15) is 9.29 Å². The van der Waals surface area contributed by atoms with E-state index in [9.17, 15) is 8.42 Å². The Kier molecular flexibility index (Phi) is 4.58. The van der Waals surface area contributed by atoms with Crippen LogP contribution in [0.3, 0.4) is 0 Å². The van der Waals surface area contributed by atoms with Crippen molar-refractivity contribution in [3.8, 4) is 17.3 Å². The number of nitrogens with zero attached hydrogens (tertiary/aromatic N) is 5. The van der Waals surface area contributed by atoms with Gasteiger partial charge in [-0.25, -0.2) is 13.4 Å². The molecule has 1 aromatic carbocycles. The molecule has 4 rings (SSSR count). The van der Waals surface area contributed by atoms with Crippen LogP contribution in [0.25, 0.3) is 11.5 Å². The van der Waals surface area contributed by atoms with Crippen LogP contribution in [-0.2, 0) is 10.0 Å². The summed E-state index contributed by atoms with van der Waals surface area (Å²) in [6.45, 7) is 2.74. The zero-order valence-electron chi connectivity index (χ0n) is 14.5. The molecule has 0 saturated carbocycles. The first kappa shape index (κ1) is 17.6. The first-order valence-corrected chi connectivity index (χ1v) is 9.85. The molecule has 0 spiro atoms. The van der Waals surface area contributed by atoms with Crippen molar-refractivity contribution in [2.45, 2.75) is 17.7 Å². The van der Waals surface area contributed by atoms with Gasteiger partial charge in [-0.1, -0.05) is 17.3 Å². The maximum Gasteiger partial charge on any atom is 0.246 e. The maximum atomic E-state index is 12.9. The van der Waals surface area contributed by atoms with Gasteiger partial charge in [-0.05, 0) is 19.1 Å². The fourth-order valence-electron chi connectivity index (χ4n) is 2.79. The third-order valence-corrected chi connectivity index (χ3v) is 6.07. The van der Waals surface area contributed by atoms with Gasteiger partial charge in [0, 0.05) is 25.5 Å². The summed E-state index contributed by atoms with van der Waals surface area (Å²) in [6, 6.07) is 6.62. The highest BCUT2D eigenvalue weighted by Gasteiger charge is 2.41. The van der Waals surface area contributed by atoms with Gasteiger partial charge in [0.25, 0.3) is 0 Å². The molecule has 1 aliphatic heterocycles. The van der Waals surface area contributed by atoms with Gasteiger partial charge in [-0.3, -0.25) is 4.98 Å². The number of hydrogen-bond acceptors (Lipinski definition) is 8. The van der Waals surface area contributed by atoms with Crippen LogP contribution in [0.5, 0.6) is 5.75 Å². The number of para-hydroxylation sites is 1. The van der Waals surface area contributed by atoms with Crippen LogP contribution in [0.1, 0.15) is 18.7 Å². The van der Waals surface area contributed by atoms with Crippen molar-refractivity contribution >= 4 is 10.0 Å². The average molecular weight is 387 g/mol. The van der Waals surface area contributed by atoms with E-state index in [0.29, 0.717) is 29.8 Å². The quantitative estimate of drug-likeness (QED) is 0.628. The fraction of sp³-hybridized carbons (Fsp3) is 0.294. The predicted octanol–water partition coefficient (Wildman–Crippen LogP) is 1.71. The van der Waals surface area contributed by atoms with Crippen LogP contribution in [0.2, 0.25) is 0 Å². The second-order valence-electron chi connectivity index (χ2n) is 5.95. The van der Waals surface area contributed by atoms with Gasteiger partial charge in [0.1, 0.15) is 16.3 Å². The number of ether oxygens (including phenoxy) is 1. The summed E-state index contributed by atoms with van der Waals surface area (Å²) in [4.78, 5) is 12.6. The summed E-state index contributed by atoms with van der Waals surface area (Å²) in [5.41, 5.74) is 0.502. The third-order valence-electron chi connectivity index (χ3n) is 4.20. The van der Waals surface area contributed by atoms with Crippen molar-refractivity contribution in [3.63, 3.8) is 0 Å². The lowest BCUT2D eigenvalue weighted by molar-refractivity contribution is 0.216.